The molecule has 0 aliphatic carbocycles. The third-order valence-corrected chi connectivity index (χ3v) is 0. The number of rotatable bonds is 0. The van der Waals surface area contributed by atoms with E-state index in [0.717, 1.165) is 0 Å². The molecule has 0 aliphatic heterocycles. The first kappa shape index (κ1) is 4.58. The summed E-state index contributed by atoms with van der Waals surface area (Å²) in [5.41, 5.74) is 0. The van der Waals surface area contributed by atoms with Crippen molar-refractivity contribution in [3.05, 3.63) is 0 Å². The fourth-order valence-electron chi connectivity index (χ4n) is 0. The summed E-state index contributed by atoms with van der Waals surface area (Å²) in [4.78, 5) is 0. The standard InChI is InChI=1S/Cd.2FH.O/h;2*1H;/q+2;;;/p-2. The van der Waals surface area contributed by atoms with Crippen molar-refractivity contribution in [1.29, 1.82) is 0 Å². The molecule has 4 heteroatoms. The molecule has 0 rings (SSSR count). The van der Waals surface area contributed by atoms with Crippen LogP contribution in [0.5, 0.6) is 0 Å². The molecule has 0 spiro atoms. The molecular weight excluding hydrogens is 166 g/mol. The Hall–Kier alpha value is 0.582. The summed E-state index contributed by atoms with van der Waals surface area (Å²) in [6.45, 7) is 0. The summed E-state index contributed by atoms with van der Waals surface area (Å²) in [6, 6.07) is 0. The molecule has 1 nitrogen and oxygen atoms in total. The fourth-order valence-corrected chi connectivity index (χ4v) is 0. The zero-order valence-corrected chi connectivity index (χ0v) is 5.91. The van der Waals surface area contributed by atoms with Crippen LogP contribution in [0.15, 0.2) is 0 Å². The zero-order chi connectivity index (χ0) is 3.58. The van der Waals surface area contributed by atoms with Crippen LogP contribution in [0.2, 0.25) is 0 Å². The van der Waals surface area contributed by atoms with E-state index >= 15 is 0 Å². The average Bonchev–Trinajstić information content (AvgIpc) is 0.811. The van der Waals surface area contributed by atoms with E-state index in [1.807, 2.05) is 0 Å². The second kappa shape index (κ2) is 1.86. The van der Waals surface area contributed by atoms with Gasteiger partial charge in [-0.2, -0.15) is 0 Å². The van der Waals surface area contributed by atoms with Crippen LogP contribution in [0.3, 0.4) is 0 Å². The van der Waals surface area contributed by atoms with Gasteiger partial charge >= 0.3 is 31.7 Å². The first-order valence-electron chi connectivity index (χ1n) is 0.823. The van der Waals surface area contributed by atoms with E-state index in [1.165, 1.54) is 0 Å². The maximum atomic E-state index is 10.0. The van der Waals surface area contributed by atoms with E-state index < -0.39 is 24.0 Å². The van der Waals surface area contributed by atoms with Crippen molar-refractivity contribution in [2.75, 3.05) is 0 Å². The second-order valence-corrected chi connectivity index (χ2v) is 2.14. The van der Waals surface area contributed by atoms with E-state index in [-0.39, 0.29) is 0 Å². The average molecular weight is 166 g/mol. The third kappa shape index (κ3) is 19.1. The van der Waals surface area contributed by atoms with Gasteiger partial charge in [-0.15, -0.1) is 0 Å². The fraction of sp³-hybridized carbons (Fsp3) is 0. The number of halogens is 2. The molecule has 4 heavy (non-hydrogen) atoms. The van der Waals surface area contributed by atoms with Crippen molar-refractivity contribution >= 4 is 0 Å². The van der Waals surface area contributed by atoms with Gasteiger partial charge in [-0.3, -0.25) is 0 Å². The van der Waals surface area contributed by atoms with Crippen molar-refractivity contribution < 1.29 is 31.7 Å². The van der Waals surface area contributed by atoms with Gasteiger partial charge in [-0.05, 0) is 0 Å². The molecule has 0 fully saturated rings. The van der Waals surface area contributed by atoms with Crippen molar-refractivity contribution in [2.24, 2.45) is 0 Å². The van der Waals surface area contributed by atoms with Gasteiger partial charge in [-0.25, -0.2) is 0 Å². The zero-order valence-electron chi connectivity index (χ0n) is 1.87. The van der Waals surface area contributed by atoms with E-state index in [4.69, 9.17) is 2.69 Å². The summed E-state index contributed by atoms with van der Waals surface area (Å²) in [6.07, 6.45) is 0. The Kier molecular flexibility index (Phi) is 2.13. The normalized spacial score (nSPS) is 4.25. The van der Waals surface area contributed by atoms with Gasteiger partial charge in [0.2, 0.25) is 0 Å². The molecule has 0 unspecified atom stereocenters. The van der Waals surface area contributed by atoms with E-state index in [0.29, 0.717) is 0 Å². The van der Waals surface area contributed by atoms with Crippen LogP contribution >= 0.6 is 0 Å². The second-order valence-electron chi connectivity index (χ2n) is 0.319. The van der Waals surface area contributed by atoms with Gasteiger partial charge in [0, 0.05) is 0 Å². The van der Waals surface area contributed by atoms with Crippen LogP contribution in [-0.4, -0.2) is 0 Å². The summed E-state index contributed by atoms with van der Waals surface area (Å²) in [7, 11) is 0. The molecular formula is CdF2O. The molecule has 0 aromatic heterocycles. The van der Waals surface area contributed by atoms with Crippen LogP contribution in [0.4, 0.5) is 5.02 Å². The van der Waals surface area contributed by atoms with Gasteiger partial charge in [0.15, 0.2) is 0 Å². The molecule has 0 N–H and O–H groups in total. The number of hydrogen-bond donors (Lipinski definition) is 0. The Morgan fingerprint density at radius 1 is 1.50 bits per heavy atom. The minimum atomic E-state index is -4.98. The van der Waals surface area contributed by atoms with Gasteiger partial charge in [-0.1, -0.05) is 0 Å². The SMILES string of the molecule is [O]=[Cd]([F])[F]. The predicted octanol–water partition coefficient (Wildman–Crippen LogP) is 0.719. The Labute approximate surface area is 32.1 Å². The summed E-state index contributed by atoms with van der Waals surface area (Å²) in [5.74, 6) is 0. The van der Waals surface area contributed by atoms with Crippen LogP contribution < -0.4 is 0 Å². The maximum absolute atomic E-state index is 10.0. The van der Waals surface area contributed by atoms with Crippen molar-refractivity contribution in [3.63, 3.8) is 0 Å². The van der Waals surface area contributed by atoms with Crippen molar-refractivity contribution in [1.82, 2.24) is 0 Å². The summed E-state index contributed by atoms with van der Waals surface area (Å²) >= 11 is -4.98. The molecule has 0 aromatic carbocycles. The quantitative estimate of drug-likeness (QED) is 0.485. The minimum absolute atomic E-state index is 4.98. The Morgan fingerprint density at radius 2 is 1.50 bits per heavy atom. The molecule has 0 radical (unpaired) electrons. The molecule has 0 saturated carbocycles. The summed E-state index contributed by atoms with van der Waals surface area (Å²) < 4.78 is 28.4. The van der Waals surface area contributed by atoms with Crippen LogP contribution in [-0.2, 0) is 26.7 Å². The van der Waals surface area contributed by atoms with Crippen LogP contribution in [0.25, 0.3) is 0 Å². The van der Waals surface area contributed by atoms with Gasteiger partial charge in [0.05, 0.1) is 0 Å². The molecule has 22 valence electrons. The van der Waals surface area contributed by atoms with Crippen molar-refractivity contribution in [3.8, 4) is 0 Å². The van der Waals surface area contributed by atoms with Gasteiger partial charge < -0.3 is 0 Å². The molecule has 0 heterocycles. The first-order chi connectivity index (χ1) is 1.73. The Morgan fingerprint density at radius 3 is 1.50 bits per heavy atom. The van der Waals surface area contributed by atoms with E-state index in [2.05, 4.69) is 0 Å². The van der Waals surface area contributed by atoms with E-state index in [1.54, 1.807) is 0 Å². The Balaban J connectivity index is 2.80. The van der Waals surface area contributed by atoms with Gasteiger partial charge in [0.25, 0.3) is 0 Å². The first-order valence-corrected chi connectivity index (χ1v) is 5.52. The van der Waals surface area contributed by atoms with Crippen LogP contribution in [0.1, 0.15) is 0 Å². The number of hydrogen-bond acceptors (Lipinski definition) is 1. The van der Waals surface area contributed by atoms with E-state index in [9.17, 15) is 5.02 Å². The van der Waals surface area contributed by atoms with Crippen molar-refractivity contribution in [2.45, 2.75) is 0 Å². The van der Waals surface area contributed by atoms with Gasteiger partial charge in [0.1, 0.15) is 0 Å². The monoisotopic (exact) mass is 168 g/mol. The Bertz CT molecular complexity index is 29.0. The third-order valence-electron chi connectivity index (χ3n) is 0. The summed E-state index contributed by atoms with van der Waals surface area (Å²) in [5, 5.41) is 0. The molecule has 0 bridgehead atoms. The molecule has 0 saturated heterocycles. The predicted molar refractivity (Wildman–Crippen MR) is 2.90 cm³/mol. The molecule has 0 atom stereocenters. The molecule has 0 amide bonds. The molecule has 0 aromatic rings. The molecule has 0 aliphatic rings. The topological polar surface area (TPSA) is 17.1 Å². The van der Waals surface area contributed by atoms with Crippen LogP contribution in [0, 0.1) is 0 Å².